The lowest BCUT2D eigenvalue weighted by atomic mass is 9.82. The Kier molecular flexibility index (Phi) is 5.74. The van der Waals surface area contributed by atoms with Crippen molar-refractivity contribution in [3.05, 3.63) is 65.4 Å². The van der Waals surface area contributed by atoms with E-state index in [-0.39, 0.29) is 35.0 Å². The maximum atomic E-state index is 12.9. The molecule has 0 spiro atoms. The summed E-state index contributed by atoms with van der Waals surface area (Å²) in [7, 11) is 0. The molecule has 2 aliphatic rings. The van der Waals surface area contributed by atoms with Crippen LogP contribution in [0.5, 0.6) is 5.75 Å². The summed E-state index contributed by atoms with van der Waals surface area (Å²) in [4.78, 5) is 25.2. The molecule has 1 heterocycles. The molecule has 0 radical (unpaired) electrons. The minimum atomic E-state index is -4.56. The Morgan fingerprint density at radius 1 is 1.03 bits per heavy atom. The number of benzene rings is 2. The number of nitrogens with zero attached hydrogens (tertiary/aromatic N) is 2. The number of aromatic hydroxyl groups is 1. The topological polar surface area (TPSA) is 96.3 Å². The highest BCUT2D eigenvalue weighted by molar-refractivity contribution is 6.04. The van der Waals surface area contributed by atoms with Gasteiger partial charge in [0.05, 0.1) is 17.0 Å². The van der Waals surface area contributed by atoms with Crippen molar-refractivity contribution < 1.29 is 27.9 Å². The number of phenols is 1. The zero-order valence-electron chi connectivity index (χ0n) is 18.6. The second-order valence-electron chi connectivity index (χ2n) is 8.98. The molecule has 1 aromatic heterocycles. The number of rotatable bonds is 5. The monoisotopic (exact) mass is 484 g/mol. The van der Waals surface area contributed by atoms with E-state index in [1.165, 1.54) is 22.9 Å². The zero-order valence-corrected chi connectivity index (χ0v) is 18.6. The Hall–Kier alpha value is -3.82. The first-order chi connectivity index (χ1) is 16.7. The Balaban J connectivity index is 1.37. The number of anilines is 1. The van der Waals surface area contributed by atoms with Gasteiger partial charge in [-0.2, -0.15) is 23.0 Å². The fraction of sp³-hybridized carbons (Fsp3) is 0.320. The predicted molar refractivity (Wildman–Crippen MR) is 122 cm³/mol. The Labute approximate surface area is 199 Å². The van der Waals surface area contributed by atoms with Gasteiger partial charge in [0.25, 0.3) is 5.91 Å². The summed E-state index contributed by atoms with van der Waals surface area (Å²) in [5.74, 6) is -0.690. The quantitative estimate of drug-likeness (QED) is 0.445. The average molecular weight is 484 g/mol. The largest absolute Gasteiger partial charge is 0.507 e. The third-order valence-corrected chi connectivity index (χ3v) is 6.34. The highest BCUT2D eigenvalue weighted by Gasteiger charge is 2.32. The lowest BCUT2D eigenvalue weighted by molar-refractivity contribution is -0.137. The first-order valence-corrected chi connectivity index (χ1v) is 11.4. The molecule has 2 aromatic carbocycles. The third-order valence-electron chi connectivity index (χ3n) is 6.34. The minimum Gasteiger partial charge on any atom is -0.507 e. The zero-order chi connectivity index (χ0) is 24.7. The smallest absolute Gasteiger partial charge is 0.416 e. The summed E-state index contributed by atoms with van der Waals surface area (Å²) >= 11 is 0. The van der Waals surface area contributed by atoms with Crippen LogP contribution < -0.4 is 10.6 Å². The number of halogens is 3. The van der Waals surface area contributed by atoms with Crippen LogP contribution in [0.2, 0.25) is 0 Å². The van der Waals surface area contributed by atoms with E-state index in [0.717, 1.165) is 56.0 Å². The molecule has 2 fully saturated rings. The van der Waals surface area contributed by atoms with Crippen LogP contribution in [0.25, 0.3) is 11.3 Å². The molecule has 7 nitrogen and oxygen atoms in total. The van der Waals surface area contributed by atoms with Crippen molar-refractivity contribution in [3.8, 4) is 17.0 Å². The summed E-state index contributed by atoms with van der Waals surface area (Å²) in [6, 6.07) is 10.2. The molecule has 0 saturated heterocycles. The Bertz CT molecular complexity index is 1290. The van der Waals surface area contributed by atoms with Gasteiger partial charge in [-0.3, -0.25) is 4.79 Å². The van der Waals surface area contributed by atoms with E-state index in [0.29, 0.717) is 11.3 Å². The van der Waals surface area contributed by atoms with Gasteiger partial charge in [-0.1, -0.05) is 12.5 Å². The molecule has 3 N–H and O–H groups in total. The summed E-state index contributed by atoms with van der Waals surface area (Å²) in [5, 5.41) is 20.5. The van der Waals surface area contributed by atoms with Crippen LogP contribution in [0.4, 0.5) is 23.7 Å². The van der Waals surface area contributed by atoms with Crippen molar-refractivity contribution >= 4 is 17.6 Å². The molecule has 5 rings (SSSR count). The van der Waals surface area contributed by atoms with Gasteiger partial charge in [0.2, 0.25) is 0 Å². The molecular weight excluding hydrogens is 461 g/mol. The molecule has 2 aliphatic carbocycles. The first-order valence-electron chi connectivity index (χ1n) is 11.4. The van der Waals surface area contributed by atoms with Gasteiger partial charge in [-0.05, 0) is 62.1 Å². The third kappa shape index (κ3) is 4.87. The fourth-order valence-corrected chi connectivity index (χ4v) is 4.01. The van der Waals surface area contributed by atoms with E-state index in [4.69, 9.17) is 0 Å². The van der Waals surface area contributed by atoms with Crippen molar-refractivity contribution in [1.82, 2.24) is 15.1 Å². The first kappa shape index (κ1) is 22.9. The van der Waals surface area contributed by atoms with Crippen molar-refractivity contribution in [2.75, 3.05) is 5.32 Å². The molecule has 0 unspecified atom stereocenters. The second-order valence-corrected chi connectivity index (χ2v) is 8.98. The van der Waals surface area contributed by atoms with Crippen molar-refractivity contribution in [2.45, 2.75) is 50.2 Å². The normalized spacial score (nSPS) is 16.0. The van der Waals surface area contributed by atoms with Crippen LogP contribution in [0.1, 0.15) is 59.6 Å². The van der Waals surface area contributed by atoms with Crippen LogP contribution in [0, 0.1) is 0 Å². The van der Waals surface area contributed by atoms with Gasteiger partial charge in [0, 0.05) is 34.8 Å². The molecular formula is C25H23F3N4O3. The SMILES string of the molecule is O=C(Nc1ccc(-c2cc(C3CCC3)n(C(=O)NC3CC3)n2)c(O)c1)c1cccc(C(F)(F)F)c1. The van der Waals surface area contributed by atoms with Gasteiger partial charge in [-0.15, -0.1) is 0 Å². The van der Waals surface area contributed by atoms with E-state index in [1.54, 1.807) is 12.1 Å². The summed E-state index contributed by atoms with van der Waals surface area (Å²) < 4.78 is 40.2. The number of hydrogen-bond acceptors (Lipinski definition) is 4. The standard InChI is InChI=1S/C25H23F3N4O3/c26-25(27,28)16-6-2-5-15(11-16)23(34)29-18-9-10-19(22(33)12-18)20-13-21(14-3-1-4-14)32(31-20)24(35)30-17-7-8-17/h2,5-6,9-14,17,33H,1,3-4,7-8H2,(H,29,34)(H,30,35). The number of aromatic nitrogens is 2. The lowest BCUT2D eigenvalue weighted by Gasteiger charge is -2.25. The molecule has 3 aromatic rings. The van der Waals surface area contributed by atoms with E-state index >= 15 is 0 Å². The van der Waals surface area contributed by atoms with Gasteiger partial charge in [0.1, 0.15) is 5.75 Å². The molecule has 35 heavy (non-hydrogen) atoms. The summed E-state index contributed by atoms with van der Waals surface area (Å²) in [6.07, 6.45) is 0.358. The number of nitrogens with one attached hydrogen (secondary N) is 2. The van der Waals surface area contributed by atoms with Gasteiger partial charge in [0.15, 0.2) is 0 Å². The summed E-state index contributed by atoms with van der Waals surface area (Å²) in [6.45, 7) is 0. The lowest BCUT2D eigenvalue weighted by Crippen LogP contribution is -2.33. The van der Waals surface area contributed by atoms with Crippen molar-refractivity contribution in [2.24, 2.45) is 0 Å². The van der Waals surface area contributed by atoms with Crippen molar-refractivity contribution in [1.29, 1.82) is 0 Å². The molecule has 10 heteroatoms. The van der Waals surface area contributed by atoms with Crippen molar-refractivity contribution in [3.63, 3.8) is 0 Å². The number of phenolic OH excluding ortho intramolecular Hbond substituents is 1. The van der Waals surface area contributed by atoms with Crippen LogP contribution in [0.15, 0.2) is 48.5 Å². The molecule has 0 atom stereocenters. The highest BCUT2D eigenvalue weighted by Crippen LogP contribution is 2.39. The number of carbonyl (C=O) groups is 2. The minimum absolute atomic E-state index is 0.158. The van der Waals surface area contributed by atoms with E-state index in [9.17, 15) is 27.9 Å². The van der Waals surface area contributed by atoms with Gasteiger partial charge < -0.3 is 15.7 Å². The molecule has 0 aliphatic heterocycles. The van der Waals surface area contributed by atoms with E-state index in [2.05, 4.69) is 15.7 Å². The second kappa shape index (κ2) is 8.75. The average Bonchev–Trinajstić information content (AvgIpc) is 3.48. The number of alkyl halides is 3. The summed E-state index contributed by atoms with van der Waals surface area (Å²) in [5.41, 5.74) is 0.720. The van der Waals surface area contributed by atoms with Crippen LogP contribution >= 0.6 is 0 Å². The number of carbonyl (C=O) groups excluding carboxylic acids is 2. The van der Waals surface area contributed by atoms with E-state index < -0.39 is 17.6 Å². The molecule has 0 bridgehead atoms. The predicted octanol–water partition coefficient (Wildman–Crippen LogP) is 5.51. The molecule has 2 amide bonds. The number of amides is 2. The molecule has 182 valence electrons. The van der Waals surface area contributed by atoms with Gasteiger partial charge in [-0.25, -0.2) is 4.79 Å². The highest BCUT2D eigenvalue weighted by atomic mass is 19.4. The number of hydrogen-bond donors (Lipinski definition) is 3. The van der Waals surface area contributed by atoms with Crippen LogP contribution in [0.3, 0.4) is 0 Å². The van der Waals surface area contributed by atoms with Crippen LogP contribution in [-0.4, -0.2) is 32.9 Å². The van der Waals surface area contributed by atoms with Crippen LogP contribution in [-0.2, 0) is 6.18 Å². The maximum absolute atomic E-state index is 12.9. The van der Waals surface area contributed by atoms with E-state index in [1.807, 2.05) is 0 Å². The fourth-order valence-electron chi connectivity index (χ4n) is 4.01. The molecule has 2 saturated carbocycles. The van der Waals surface area contributed by atoms with Gasteiger partial charge >= 0.3 is 12.2 Å². The Morgan fingerprint density at radius 3 is 2.43 bits per heavy atom. The maximum Gasteiger partial charge on any atom is 0.416 e. The Morgan fingerprint density at radius 2 is 1.80 bits per heavy atom.